The van der Waals surface area contributed by atoms with Gasteiger partial charge in [-0.15, -0.1) is 0 Å². The first-order valence-corrected chi connectivity index (χ1v) is 12.6. The lowest BCUT2D eigenvalue weighted by molar-refractivity contribution is 0.426. The summed E-state index contributed by atoms with van der Waals surface area (Å²) >= 11 is 0. The Morgan fingerprint density at radius 1 is 0.903 bits per heavy atom. The van der Waals surface area contributed by atoms with Crippen LogP contribution >= 0.6 is 0 Å². The zero-order chi connectivity index (χ0) is 21.0. The summed E-state index contributed by atoms with van der Waals surface area (Å²) in [6.45, 7) is 1.26. The predicted molar refractivity (Wildman–Crippen MR) is 125 cm³/mol. The topological polar surface area (TPSA) is 49.4 Å². The van der Waals surface area contributed by atoms with Crippen LogP contribution in [0.15, 0.2) is 77.7 Å². The Kier molecular flexibility index (Phi) is 4.44. The van der Waals surface area contributed by atoms with Crippen molar-refractivity contribution in [3.63, 3.8) is 0 Å². The highest BCUT2D eigenvalue weighted by atomic mass is 32.2. The normalized spacial score (nSPS) is 25.4. The maximum Gasteiger partial charge on any atom is 0.243 e. The Labute approximate surface area is 183 Å². The SMILES string of the molecule is O=S(=O)(c1ccc2c(c1)C1C=CCC1C(c1cccc3ccccc13)N2)N1CCCC1. The molecule has 0 saturated carbocycles. The smallest absolute Gasteiger partial charge is 0.243 e. The monoisotopic (exact) mass is 430 g/mol. The Morgan fingerprint density at radius 2 is 1.71 bits per heavy atom. The van der Waals surface area contributed by atoms with Crippen molar-refractivity contribution in [2.45, 2.75) is 36.1 Å². The third kappa shape index (κ3) is 3.02. The van der Waals surface area contributed by atoms with Crippen LogP contribution in [0.25, 0.3) is 10.8 Å². The van der Waals surface area contributed by atoms with Gasteiger partial charge in [-0.05, 0) is 65.3 Å². The second-order valence-corrected chi connectivity index (χ2v) is 10.8. The van der Waals surface area contributed by atoms with E-state index in [1.807, 2.05) is 12.1 Å². The second kappa shape index (κ2) is 7.21. The van der Waals surface area contributed by atoms with Gasteiger partial charge in [0.1, 0.15) is 0 Å². The first kappa shape index (κ1) is 19.1. The van der Waals surface area contributed by atoms with Crippen LogP contribution in [0.2, 0.25) is 0 Å². The van der Waals surface area contributed by atoms with Crippen molar-refractivity contribution in [1.82, 2.24) is 4.31 Å². The van der Waals surface area contributed by atoms with E-state index in [1.54, 1.807) is 10.4 Å². The molecule has 0 radical (unpaired) electrons. The van der Waals surface area contributed by atoms with Gasteiger partial charge in [0, 0.05) is 24.7 Å². The molecule has 5 heteroatoms. The first-order chi connectivity index (χ1) is 15.1. The molecule has 0 bridgehead atoms. The van der Waals surface area contributed by atoms with Gasteiger partial charge in [-0.2, -0.15) is 4.31 Å². The standard InChI is InChI=1S/C26H26N2O2S/c29-31(30,28-15-3-4-16-28)19-13-14-25-24(17-19)21-10-6-12-23(21)26(27-25)22-11-5-8-18-7-1-2-9-20(18)22/h1-2,5-11,13-14,17,21,23,26-27H,3-4,12,15-16H2. The molecule has 31 heavy (non-hydrogen) atoms. The van der Waals surface area contributed by atoms with Crippen LogP contribution in [0.3, 0.4) is 0 Å². The van der Waals surface area contributed by atoms with Crippen LogP contribution < -0.4 is 5.32 Å². The molecule has 0 amide bonds. The molecule has 0 aromatic heterocycles. The van der Waals surface area contributed by atoms with E-state index in [-0.39, 0.29) is 12.0 Å². The minimum absolute atomic E-state index is 0.194. The van der Waals surface area contributed by atoms with Gasteiger partial charge in [0.05, 0.1) is 10.9 Å². The summed E-state index contributed by atoms with van der Waals surface area (Å²) in [7, 11) is -3.41. The average Bonchev–Trinajstić information content (AvgIpc) is 3.51. The second-order valence-electron chi connectivity index (χ2n) is 8.90. The fraction of sp³-hybridized carbons (Fsp3) is 0.308. The molecule has 1 fully saturated rings. The summed E-state index contributed by atoms with van der Waals surface area (Å²) < 4.78 is 27.9. The summed E-state index contributed by atoms with van der Waals surface area (Å²) in [5, 5.41) is 6.31. The van der Waals surface area contributed by atoms with Crippen molar-refractivity contribution in [2.75, 3.05) is 18.4 Å². The quantitative estimate of drug-likeness (QED) is 0.562. The molecular formula is C26H26N2O2S. The molecule has 6 rings (SSSR count). The maximum absolute atomic E-state index is 13.1. The van der Waals surface area contributed by atoms with Gasteiger partial charge in [-0.1, -0.05) is 54.6 Å². The number of nitrogens with zero attached hydrogens (tertiary/aromatic N) is 1. The molecule has 3 aromatic rings. The van der Waals surface area contributed by atoms with Crippen molar-refractivity contribution in [2.24, 2.45) is 5.92 Å². The van der Waals surface area contributed by atoms with Crippen LogP contribution in [0, 0.1) is 5.92 Å². The number of sulfonamides is 1. The lowest BCUT2D eigenvalue weighted by Gasteiger charge is -2.38. The van der Waals surface area contributed by atoms with Gasteiger partial charge in [-0.3, -0.25) is 0 Å². The number of fused-ring (bicyclic) bond motifs is 4. The number of hydrogen-bond donors (Lipinski definition) is 1. The molecule has 3 atom stereocenters. The predicted octanol–water partition coefficient (Wildman–Crippen LogP) is 5.45. The highest BCUT2D eigenvalue weighted by molar-refractivity contribution is 7.89. The maximum atomic E-state index is 13.1. The van der Waals surface area contributed by atoms with Crippen molar-refractivity contribution < 1.29 is 8.42 Å². The highest BCUT2D eigenvalue weighted by Crippen LogP contribution is 2.51. The van der Waals surface area contributed by atoms with Crippen LogP contribution in [0.5, 0.6) is 0 Å². The van der Waals surface area contributed by atoms with E-state index in [0.29, 0.717) is 23.9 Å². The molecular weight excluding hydrogens is 404 g/mol. The number of hydrogen-bond acceptors (Lipinski definition) is 3. The van der Waals surface area contributed by atoms with Gasteiger partial charge in [0.25, 0.3) is 0 Å². The molecule has 4 nitrogen and oxygen atoms in total. The van der Waals surface area contributed by atoms with Gasteiger partial charge < -0.3 is 5.32 Å². The largest absolute Gasteiger partial charge is 0.378 e. The fourth-order valence-electron chi connectivity index (χ4n) is 5.64. The number of benzene rings is 3. The lowest BCUT2D eigenvalue weighted by Crippen LogP contribution is -2.31. The molecule has 3 aromatic carbocycles. The summed E-state index contributed by atoms with van der Waals surface area (Å²) in [5.41, 5.74) is 3.47. The average molecular weight is 431 g/mol. The minimum Gasteiger partial charge on any atom is -0.378 e. The summed E-state index contributed by atoms with van der Waals surface area (Å²) in [5.74, 6) is 0.608. The third-order valence-electron chi connectivity index (χ3n) is 7.20. The van der Waals surface area contributed by atoms with Crippen LogP contribution in [-0.4, -0.2) is 25.8 Å². The minimum atomic E-state index is -3.41. The summed E-state index contributed by atoms with van der Waals surface area (Å²) in [4.78, 5) is 0.428. The summed E-state index contributed by atoms with van der Waals surface area (Å²) in [6, 6.07) is 20.9. The Bertz CT molecular complexity index is 1290. The molecule has 0 spiro atoms. The van der Waals surface area contributed by atoms with Gasteiger partial charge in [-0.25, -0.2) is 8.42 Å². The van der Waals surface area contributed by atoms with E-state index in [9.17, 15) is 8.42 Å². The number of allylic oxidation sites excluding steroid dienone is 2. The molecule has 1 saturated heterocycles. The molecule has 3 unspecified atom stereocenters. The summed E-state index contributed by atoms with van der Waals surface area (Å²) in [6.07, 6.45) is 7.42. The van der Waals surface area contributed by atoms with E-state index in [2.05, 4.69) is 59.9 Å². The molecule has 2 aliphatic heterocycles. The van der Waals surface area contributed by atoms with Crippen LogP contribution in [0.4, 0.5) is 5.69 Å². The van der Waals surface area contributed by atoms with Crippen molar-refractivity contribution >= 4 is 26.5 Å². The Hall–Kier alpha value is -2.63. The Balaban J connectivity index is 1.43. The van der Waals surface area contributed by atoms with E-state index in [4.69, 9.17) is 0 Å². The molecule has 2 heterocycles. The van der Waals surface area contributed by atoms with Crippen molar-refractivity contribution in [3.8, 4) is 0 Å². The molecule has 1 aliphatic carbocycles. The van der Waals surface area contributed by atoms with E-state index < -0.39 is 10.0 Å². The lowest BCUT2D eigenvalue weighted by atomic mass is 9.76. The first-order valence-electron chi connectivity index (χ1n) is 11.2. The van der Waals surface area contributed by atoms with Gasteiger partial charge >= 0.3 is 0 Å². The number of nitrogens with one attached hydrogen (secondary N) is 1. The zero-order valence-corrected chi connectivity index (χ0v) is 18.2. The van der Waals surface area contributed by atoms with E-state index in [0.717, 1.165) is 30.5 Å². The van der Waals surface area contributed by atoms with E-state index >= 15 is 0 Å². The van der Waals surface area contributed by atoms with Gasteiger partial charge in [0.2, 0.25) is 10.0 Å². The zero-order valence-electron chi connectivity index (χ0n) is 17.4. The molecule has 1 N–H and O–H groups in total. The van der Waals surface area contributed by atoms with E-state index in [1.165, 1.54) is 16.3 Å². The van der Waals surface area contributed by atoms with Crippen LogP contribution in [-0.2, 0) is 10.0 Å². The molecule has 3 aliphatic rings. The highest BCUT2D eigenvalue weighted by Gasteiger charge is 2.39. The Morgan fingerprint density at radius 3 is 2.58 bits per heavy atom. The van der Waals surface area contributed by atoms with Crippen molar-refractivity contribution in [3.05, 3.63) is 83.9 Å². The van der Waals surface area contributed by atoms with Crippen molar-refractivity contribution in [1.29, 1.82) is 0 Å². The fourth-order valence-corrected chi connectivity index (χ4v) is 7.19. The third-order valence-corrected chi connectivity index (χ3v) is 9.09. The number of rotatable bonds is 3. The van der Waals surface area contributed by atoms with Gasteiger partial charge in [0.15, 0.2) is 0 Å². The number of anilines is 1. The van der Waals surface area contributed by atoms with Crippen LogP contribution in [0.1, 0.15) is 42.3 Å². The molecule has 158 valence electrons.